The lowest BCUT2D eigenvalue weighted by molar-refractivity contribution is 0.0920. The van der Waals surface area contributed by atoms with E-state index < -0.39 is 0 Å². The van der Waals surface area contributed by atoms with Crippen LogP contribution in [0.15, 0.2) is 0 Å². The first-order valence-corrected chi connectivity index (χ1v) is 2.77. The lowest BCUT2D eigenvalue weighted by Gasteiger charge is -2.04. The SMILES string of the molecule is CCC(C)OC[C]=O. The lowest BCUT2D eigenvalue weighted by Crippen LogP contribution is -2.07. The molecule has 0 amide bonds. The Morgan fingerprint density at radius 1 is 1.75 bits per heavy atom. The van der Waals surface area contributed by atoms with E-state index in [0.717, 1.165) is 6.42 Å². The average Bonchev–Trinajstić information content (AvgIpc) is 1.83. The second-order valence-corrected chi connectivity index (χ2v) is 1.67. The van der Waals surface area contributed by atoms with E-state index in [1.165, 1.54) is 0 Å². The van der Waals surface area contributed by atoms with Crippen LogP contribution in [0.2, 0.25) is 0 Å². The molecule has 0 aromatic carbocycles. The third kappa shape index (κ3) is 3.81. The molecule has 0 N–H and O–H groups in total. The van der Waals surface area contributed by atoms with Crippen LogP contribution >= 0.6 is 0 Å². The molecule has 0 aliphatic carbocycles. The van der Waals surface area contributed by atoms with Gasteiger partial charge < -0.3 is 4.74 Å². The van der Waals surface area contributed by atoms with Crippen molar-refractivity contribution in [2.24, 2.45) is 0 Å². The minimum absolute atomic E-state index is 0.106. The maximum absolute atomic E-state index is 9.58. The van der Waals surface area contributed by atoms with Gasteiger partial charge in [-0.2, -0.15) is 0 Å². The van der Waals surface area contributed by atoms with E-state index in [1.54, 1.807) is 6.29 Å². The predicted octanol–water partition coefficient (Wildman–Crippen LogP) is 0.911. The monoisotopic (exact) mass is 115 g/mol. The van der Waals surface area contributed by atoms with Gasteiger partial charge in [-0.1, -0.05) is 6.92 Å². The molecule has 0 aromatic rings. The molecule has 47 valence electrons. The van der Waals surface area contributed by atoms with Crippen LogP contribution in [-0.2, 0) is 9.53 Å². The summed E-state index contributed by atoms with van der Waals surface area (Å²) in [5, 5.41) is 0. The summed E-state index contributed by atoms with van der Waals surface area (Å²) in [5.74, 6) is 0. The molecule has 0 aliphatic heterocycles. The van der Waals surface area contributed by atoms with Gasteiger partial charge in [0.15, 0.2) is 0 Å². The summed E-state index contributed by atoms with van der Waals surface area (Å²) in [6, 6.07) is 0. The number of ether oxygens (including phenoxy) is 1. The third-order valence-electron chi connectivity index (χ3n) is 1.00. The molecule has 0 aliphatic rings. The molecule has 0 heterocycles. The standard InChI is InChI=1S/C6H11O2/c1-3-6(2)8-5-4-7/h6H,3,5H2,1-2H3. The Morgan fingerprint density at radius 3 is 2.75 bits per heavy atom. The van der Waals surface area contributed by atoms with Gasteiger partial charge in [0.2, 0.25) is 6.29 Å². The van der Waals surface area contributed by atoms with Gasteiger partial charge >= 0.3 is 0 Å². The van der Waals surface area contributed by atoms with Crippen LogP contribution in [0.25, 0.3) is 0 Å². The van der Waals surface area contributed by atoms with E-state index >= 15 is 0 Å². The highest BCUT2D eigenvalue weighted by atomic mass is 16.5. The first-order chi connectivity index (χ1) is 3.81. The number of rotatable bonds is 4. The van der Waals surface area contributed by atoms with Crippen LogP contribution < -0.4 is 0 Å². The maximum atomic E-state index is 9.58. The average molecular weight is 115 g/mol. The van der Waals surface area contributed by atoms with Crippen molar-refractivity contribution in [3.05, 3.63) is 0 Å². The Morgan fingerprint density at radius 2 is 2.38 bits per heavy atom. The van der Waals surface area contributed by atoms with Crippen molar-refractivity contribution in [3.8, 4) is 0 Å². The van der Waals surface area contributed by atoms with Gasteiger partial charge in [0.25, 0.3) is 0 Å². The normalized spacial score (nSPS) is 13.2. The van der Waals surface area contributed by atoms with Crippen LogP contribution in [-0.4, -0.2) is 19.0 Å². The summed E-state index contributed by atoms with van der Waals surface area (Å²) < 4.78 is 4.92. The first-order valence-electron chi connectivity index (χ1n) is 2.77. The van der Waals surface area contributed by atoms with Gasteiger partial charge in [-0.15, -0.1) is 0 Å². The van der Waals surface area contributed by atoms with E-state index in [1.807, 2.05) is 13.8 Å². The molecule has 0 fully saturated rings. The minimum Gasteiger partial charge on any atom is -0.370 e. The van der Waals surface area contributed by atoms with Crippen molar-refractivity contribution in [2.75, 3.05) is 6.61 Å². The summed E-state index contributed by atoms with van der Waals surface area (Å²) in [6.07, 6.45) is 2.80. The zero-order chi connectivity index (χ0) is 6.41. The third-order valence-corrected chi connectivity index (χ3v) is 1.00. The topological polar surface area (TPSA) is 26.3 Å². The van der Waals surface area contributed by atoms with Gasteiger partial charge in [0.05, 0.1) is 6.10 Å². The molecule has 0 aromatic heterocycles. The van der Waals surface area contributed by atoms with E-state index in [4.69, 9.17) is 4.74 Å². The molecular formula is C6H11O2. The van der Waals surface area contributed by atoms with E-state index in [9.17, 15) is 4.79 Å². The van der Waals surface area contributed by atoms with Crippen molar-refractivity contribution in [1.29, 1.82) is 0 Å². The Bertz CT molecular complexity index is 61.5. The van der Waals surface area contributed by atoms with Crippen molar-refractivity contribution >= 4 is 6.29 Å². The molecule has 0 bridgehead atoms. The predicted molar refractivity (Wildman–Crippen MR) is 31.4 cm³/mol. The summed E-state index contributed by atoms with van der Waals surface area (Å²) in [6.45, 7) is 4.04. The van der Waals surface area contributed by atoms with Crippen LogP contribution in [0.5, 0.6) is 0 Å². The highest BCUT2D eigenvalue weighted by Crippen LogP contribution is 1.92. The second-order valence-electron chi connectivity index (χ2n) is 1.67. The van der Waals surface area contributed by atoms with Gasteiger partial charge in [0.1, 0.15) is 6.61 Å². The van der Waals surface area contributed by atoms with Crippen molar-refractivity contribution < 1.29 is 9.53 Å². The highest BCUT2D eigenvalue weighted by molar-refractivity contribution is 5.51. The van der Waals surface area contributed by atoms with Gasteiger partial charge in [-0.05, 0) is 13.3 Å². The molecule has 1 atom stereocenters. The first kappa shape index (κ1) is 7.63. The summed E-state index contributed by atoms with van der Waals surface area (Å²) >= 11 is 0. The zero-order valence-corrected chi connectivity index (χ0v) is 5.31. The number of carbonyl (C=O) groups excluding carboxylic acids is 1. The van der Waals surface area contributed by atoms with Gasteiger partial charge in [-0.25, -0.2) is 0 Å². The smallest absolute Gasteiger partial charge is 0.226 e. The Balaban J connectivity index is 2.97. The van der Waals surface area contributed by atoms with E-state index in [-0.39, 0.29) is 12.7 Å². The van der Waals surface area contributed by atoms with Gasteiger partial charge in [0, 0.05) is 0 Å². The van der Waals surface area contributed by atoms with Crippen LogP contribution in [0.1, 0.15) is 20.3 Å². The van der Waals surface area contributed by atoms with Crippen molar-refractivity contribution in [1.82, 2.24) is 0 Å². The van der Waals surface area contributed by atoms with Crippen LogP contribution in [0.4, 0.5) is 0 Å². The second kappa shape index (κ2) is 4.78. The highest BCUT2D eigenvalue weighted by Gasteiger charge is 1.94. The quantitative estimate of drug-likeness (QED) is 0.544. The largest absolute Gasteiger partial charge is 0.370 e. The van der Waals surface area contributed by atoms with Crippen LogP contribution in [0.3, 0.4) is 0 Å². The summed E-state index contributed by atoms with van der Waals surface area (Å²) in [7, 11) is 0. The molecule has 1 radical (unpaired) electrons. The molecule has 0 saturated carbocycles. The summed E-state index contributed by atoms with van der Waals surface area (Å²) in [5.41, 5.74) is 0. The fourth-order valence-corrected chi connectivity index (χ4v) is 0.294. The molecule has 1 unspecified atom stereocenters. The number of hydrogen-bond donors (Lipinski definition) is 0. The summed E-state index contributed by atoms with van der Waals surface area (Å²) in [4.78, 5) is 9.58. The molecule has 0 rings (SSSR count). The fourth-order valence-electron chi connectivity index (χ4n) is 0.294. The maximum Gasteiger partial charge on any atom is 0.226 e. The molecular weight excluding hydrogens is 104 g/mol. The van der Waals surface area contributed by atoms with Gasteiger partial charge in [-0.3, -0.25) is 4.79 Å². The Labute approximate surface area is 49.8 Å². The molecule has 0 saturated heterocycles. The fraction of sp³-hybridized carbons (Fsp3) is 0.833. The molecule has 8 heavy (non-hydrogen) atoms. The Hall–Kier alpha value is -0.370. The molecule has 2 nitrogen and oxygen atoms in total. The molecule has 2 heteroatoms. The Kier molecular flexibility index (Phi) is 4.56. The molecule has 0 spiro atoms. The zero-order valence-electron chi connectivity index (χ0n) is 5.31. The lowest BCUT2D eigenvalue weighted by atomic mass is 10.3. The van der Waals surface area contributed by atoms with Crippen molar-refractivity contribution in [2.45, 2.75) is 26.4 Å². The minimum atomic E-state index is 0.106. The van der Waals surface area contributed by atoms with Crippen LogP contribution in [0, 0.1) is 0 Å². The van der Waals surface area contributed by atoms with E-state index in [0.29, 0.717) is 0 Å². The van der Waals surface area contributed by atoms with E-state index in [2.05, 4.69) is 0 Å². The number of hydrogen-bond acceptors (Lipinski definition) is 2. The van der Waals surface area contributed by atoms with Crippen molar-refractivity contribution in [3.63, 3.8) is 0 Å².